The van der Waals surface area contributed by atoms with Crippen molar-refractivity contribution in [3.05, 3.63) is 106 Å². The van der Waals surface area contributed by atoms with Crippen LogP contribution >= 0.6 is 23.2 Å². The SMILES string of the molecule is O=C(COC(=O)c1ccc(N2C(=O)C3CC=CCC3C2=O)cc1)c1ccc(OC(=O)c2ccc(Cl)c(Cl)c2)cc1. The van der Waals surface area contributed by atoms with Gasteiger partial charge in [0.1, 0.15) is 5.75 Å². The molecule has 2 amide bonds. The first kappa shape index (κ1) is 27.3. The van der Waals surface area contributed by atoms with Gasteiger partial charge in [0.15, 0.2) is 12.4 Å². The van der Waals surface area contributed by atoms with Crippen molar-refractivity contribution >= 4 is 58.4 Å². The Balaban J connectivity index is 1.15. The molecule has 1 fully saturated rings. The van der Waals surface area contributed by atoms with Crippen LogP contribution < -0.4 is 9.64 Å². The lowest BCUT2D eigenvalue weighted by molar-refractivity contribution is -0.122. The third kappa shape index (κ3) is 5.54. The number of Topliss-reactive ketones (excluding diaryl/α,β-unsaturated/α-hetero) is 1. The molecule has 0 bridgehead atoms. The third-order valence-corrected chi connectivity index (χ3v) is 7.48. The van der Waals surface area contributed by atoms with Gasteiger partial charge in [-0.25, -0.2) is 9.59 Å². The van der Waals surface area contributed by atoms with Gasteiger partial charge in [0.05, 0.1) is 38.7 Å². The van der Waals surface area contributed by atoms with Crippen LogP contribution in [0.3, 0.4) is 0 Å². The number of benzene rings is 3. The van der Waals surface area contributed by atoms with E-state index in [1.165, 1.54) is 71.6 Å². The molecule has 0 radical (unpaired) electrons. The quantitative estimate of drug-likeness (QED) is 0.116. The first-order chi connectivity index (χ1) is 19.2. The Hall–Kier alpha value is -4.27. The smallest absolute Gasteiger partial charge is 0.343 e. The van der Waals surface area contributed by atoms with Gasteiger partial charge < -0.3 is 9.47 Å². The summed E-state index contributed by atoms with van der Waals surface area (Å²) in [5.41, 5.74) is 1.01. The Morgan fingerprint density at radius 3 is 1.90 bits per heavy atom. The molecule has 5 rings (SSSR count). The standard InChI is InChI=1S/C30H21Cl2NO7/c31-24-14-9-19(15-25(24)32)30(38)40-21-12-7-17(8-13-21)26(34)16-39-29(37)18-5-10-20(11-6-18)33-27(35)22-3-1-2-4-23(22)28(33)36/h1-2,5-15,22-23H,3-4,16H2. The molecule has 202 valence electrons. The Kier molecular flexibility index (Phi) is 7.82. The second-order valence-corrected chi connectivity index (χ2v) is 10.1. The largest absolute Gasteiger partial charge is 0.454 e. The second kappa shape index (κ2) is 11.5. The maximum atomic E-state index is 12.8. The van der Waals surface area contributed by atoms with Crippen molar-refractivity contribution in [1.82, 2.24) is 0 Å². The zero-order chi connectivity index (χ0) is 28.4. The van der Waals surface area contributed by atoms with Crippen LogP contribution in [0.4, 0.5) is 5.69 Å². The van der Waals surface area contributed by atoms with E-state index in [0.29, 0.717) is 23.6 Å². The number of rotatable bonds is 7. The van der Waals surface area contributed by atoms with Gasteiger partial charge in [0.25, 0.3) is 0 Å². The molecule has 3 aromatic rings. The summed E-state index contributed by atoms with van der Waals surface area (Å²) in [7, 11) is 0. The van der Waals surface area contributed by atoms with Crippen LogP contribution in [0.1, 0.15) is 43.9 Å². The number of anilines is 1. The number of hydrogen-bond acceptors (Lipinski definition) is 7. The summed E-state index contributed by atoms with van der Waals surface area (Å²) in [4.78, 5) is 64.0. The molecule has 2 aliphatic rings. The molecule has 8 nitrogen and oxygen atoms in total. The van der Waals surface area contributed by atoms with Gasteiger partial charge >= 0.3 is 11.9 Å². The maximum absolute atomic E-state index is 12.8. The summed E-state index contributed by atoms with van der Waals surface area (Å²) < 4.78 is 10.4. The zero-order valence-electron chi connectivity index (χ0n) is 20.8. The van der Waals surface area contributed by atoms with Gasteiger partial charge in [-0.1, -0.05) is 35.4 Å². The Labute approximate surface area is 239 Å². The number of halogens is 2. The van der Waals surface area contributed by atoms with E-state index in [-0.39, 0.29) is 51.1 Å². The van der Waals surface area contributed by atoms with E-state index < -0.39 is 24.3 Å². The van der Waals surface area contributed by atoms with Gasteiger partial charge in [0, 0.05) is 5.56 Å². The van der Waals surface area contributed by atoms with E-state index in [0.717, 1.165) is 0 Å². The van der Waals surface area contributed by atoms with Crippen molar-refractivity contribution in [2.75, 3.05) is 11.5 Å². The van der Waals surface area contributed by atoms with Crippen molar-refractivity contribution in [3.63, 3.8) is 0 Å². The fourth-order valence-electron chi connectivity index (χ4n) is 4.60. The summed E-state index contributed by atoms with van der Waals surface area (Å²) >= 11 is 11.8. The lowest BCUT2D eigenvalue weighted by atomic mass is 9.85. The molecule has 1 saturated heterocycles. The van der Waals surface area contributed by atoms with Crippen molar-refractivity contribution in [2.45, 2.75) is 12.8 Å². The van der Waals surface area contributed by atoms with E-state index in [4.69, 9.17) is 32.7 Å². The van der Waals surface area contributed by atoms with E-state index >= 15 is 0 Å². The topological polar surface area (TPSA) is 107 Å². The zero-order valence-corrected chi connectivity index (χ0v) is 22.4. The second-order valence-electron chi connectivity index (χ2n) is 9.26. The molecule has 1 aliphatic heterocycles. The Morgan fingerprint density at radius 1 is 0.725 bits per heavy atom. The molecule has 10 heteroatoms. The number of ether oxygens (including phenoxy) is 2. The monoisotopic (exact) mass is 577 g/mol. The number of allylic oxidation sites excluding steroid dienone is 2. The minimum absolute atomic E-state index is 0.166. The first-order valence-corrected chi connectivity index (χ1v) is 13.1. The van der Waals surface area contributed by atoms with E-state index in [2.05, 4.69) is 0 Å². The molecule has 1 heterocycles. The number of imide groups is 1. The van der Waals surface area contributed by atoms with Crippen LogP contribution in [0.25, 0.3) is 0 Å². The molecule has 2 unspecified atom stereocenters. The van der Waals surface area contributed by atoms with Gasteiger partial charge in [-0.2, -0.15) is 0 Å². The lowest BCUT2D eigenvalue weighted by Gasteiger charge is -2.15. The van der Waals surface area contributed by atoms with E-state index in [1.807, 2.05) is 12.2 Å². The molecule has 0 spiro atoms. The van der Waals surface area contributed by atoms with E-state index in [9.17, 15) is 24.0 Å². The molecule has 0 saturated carbocycles. The van der Waals surface area contributed by atoms with Crippen molar-refractivity contribution in [2.24, 2.45) is 11.8 Å². The molecular formula is C30H21Cl2NO7. The van der Waals surface area contributed by atoms with Crippen molar-refractivity contribution in [3.8, 4) is 5.75 Å². The number of nitrogens with zero attached hydrogens (tertiary/aromatic N) is 1. The first-order valence-electron chi connectivity index (χ1n) is 12.3. The number of carbonyl (C=O) groups excluding carboxylic acids is 5. The summed E-state index contributed by atoms with van der Waals surface area (Å²) in [6.45, 7) is -0.511. The Morgan fingerprint density at radius 2 is 1.30 bits per heavy atom. The lowest BCUT2D eigenvalue weighted by Crippen LogP contribution is -2.30. The number of hydrogen-bond donors (Lipinski definition) is 0. The van der Waals surface area contributed by atoms with Crippen LogP contribution in [-0.2, 0) is 14.3 Å². The highest BCUT2D eigenvalue weighted by atomic mass is 35.5. The fraction of sp³-hybridized carbons (Fsp3) is 0.167. The molecular weight excluding hydrogens is 557 g/mol. The van der Waals surface area contributed by atoms with Crippen LogP contribution in [0.2, 0.25) is 10.0 Å². The Bertz CT molecular complexity index is 1520. The summed E-state index contributed by atoms with van der Waals surface area (Å²) in [5.74, 6) is -2.82. The van der Waals surface area contributed by atoms with Gasteiger partial charge in [0.2, 0.25) is 11.8 Å². The predicted octanol–water partition coefficient (Wildman–Crippen LogP) is 5.71. The molecule has 0 N–H and O–H groups in total. The van der Waals surface area contributed by atoms with Crippen molar-refractivity contribution < 1.29 is 33.4 Å². The summed E-state index contributed by atoms with van der Waals surface area (Å²) in [6, 6.07) is 16.0. The number of carbonyl (C=O) groups is 5. The third-order valence-electron chi connectivity index (χ3n) is 6.75. The molecule has 1 aliphatic carbocycles. The summed E-state index contributed by atoms with van der Waals surface area (Å²) in [6.07, 6.45) is 4.91. The average molecular weight is 578 g/mol. The highest BCUT2D eigenvalue weighted by Gasteiger charge is 2.47. The summed E-state index contributed by atoms with van der Waals surface area (Å²) in [5, 5.41) is 0.527. The highest BCUT2D eigenvalue weighted by molar-refractivity contribution is 6.42. The number of amides is 2. The van der Waals surface area contributed by atoms with Gasteiger partial charge in [-0.3, -0.25) is 19.3 Å². The minimum atomic E-state index is -0.732. The number of fused-ring (bicyclic) bond motifs is 1. The molecule has 0 aromatic heterocycles. The maximum Gasteiger partial charge on any atom is 0.343 e. The molecule has 2 atom stereocenters. The van der Waals surface area contributed by atoms with Crippen LogP contribution in [0.5, 0.6) is 5.75 Å². The van der Waals surface area contributed by atoms with Gasteiger partial charge in [-0.05, 0) is 79.6 Å². The minimum Gasteiger partial charge on any atom is -0.454 e. The highest BCUT2D eigenvalue weighted by Crippen LogP contribution is 2.37. The van der Waals surface area contributed by atoms with Crippen LogP contribution in [0.15, 0.2) is 78.9 Å². The predicted molar refractivity (Wildman–Crippen MR) is 147 cm³/mol. The normalized spacial score (nSPS) is 17.9. The van der Waals surface area contributed by atoms with Crippen LogP contribution in [-0.4, -0.2) is 36.1 Å². The van der Waals surface area contributed by atoms with Gasteiger partial charge in [-0.15, -0.1) is 0 Å². The number of ketones is 1. The van der Waals surface area contributed by atoms with Crippen molar-refractivity contribution in [1.29, 1.82) is 0 Å². The van der Waals surface area contributed by atoms with E-state index in [1.54, 1.807) is 0 Å². The number of esters is 2. The van der Waals surface area contributed by atoms with Crippen LogP contribution in [0, 0.1) is 11.8 Å². The molecule has 40 heavy (non-hydrogen) atoms. The molecule has 3 aromatic carbocycles. The fourth-order valence-corrected chi connectivity index (χ4v) is 4.90. The average Bonchev–Trinajstić information content (AvgIpc) is 3.23.